The van der Waals surface area contributed by atoms with Crippen LogP contribution in [0, 0.1) is 24.6 Å². The van der Waals surface area contributed by atoms with E-state index in [1.165, 1.54) is 35.8 Å². The summed E-state index contributed by atoms with van der Waals surface area (Å²) in [6.45, 7) is 2.52. The normalized spacial score (nSPS) is 27.3. The van der Waals surface area contributed by atoms with E-state index in [9.17, 15) is 9.50 Å². The summed E-state index contributed by atoms with van der Waals surface area (Å²) in [5.41, 5.74) is 3.68. The standard InChI is InChI=1S/C29H29ClFN3O2S/c1-16-4-2-5-22(30)27(16)34-24(21(14-32-34)17-8-9-17)15-36-20-12-18-10-11-19(13-20)29(18,35)28-33-26-23(31)6-3-7-25(26)37-28/h2-7,14,17-20,35H,8-13,15H2,1H3/t18-,19+,20?,29?. The highest BCUT2D eigenvalue weighted by Gasteiger charge is 2.56. The number of benzene rings is 2. The fourth-order valence-electron chi connectivity index (χ4n) is 6.62. The van der Waals surface area contributed by atoms with Crippen LogP contribution in [0.1, 0.15) is 66.3 Å². The highest BCUT2D eigenvalue weighted by Crippen LogP contribution is 2.57. The summed E-state index contributed by atoms with van der Waals surface area (Å²) in [6, 6.07) is 10.9. The van der Waals surface area contributed by atoms with Crippen LogP contribution in [0.3, 0.4) is 0 Å². The van der Waals surface area contributed by atoms with Crippen molar-refractivity contribution in [3.63, 3.8) is 0 Å². The molecule has 0 saturated heterocycles. The number of nitrogens with zero attached hydrogens (tertiary/aromatic N) is 3. The minimum Gasteiger partial charge on any atom is -0.382 e. The van der Waals surface area contributed by atoms with E-state index in [1.54, 1.807) is 6.07 Å². The zero-order valence-corrected chi connectivity index (χ0v) is 22.2. The summed E-state index contributed by atoms with van der Waals surface area (Å²) in [7, 11) is 0. The number of halogens is 2. The zero-order chi connectivity index (χ0) is 25.3. The van der Waals surface area contributed by atoms with Crippen LogP contribution < -0.4 is 0 Å². The van der Waals surface area contributed by atoms with Crippen LogP contribution in [0.4, 0.5) is 4.39 Å². The van der Waals surface area contributed by atoms with E-state index in [0.717, 1.165) is 47.3 Å². The van der Waals surface area contributed by atoms with Gasteiger partial charge in [-0.2, -0.15) is 5.10 Å². The van der Waals surface area contributed by atoms with E-state index in [0.29, 0.717) is 28.1 Å². The van der Waals surface area contributed by atoms with Crippen LogP contribution >= 0.6 is 22.9 Å². The molecule has 4 atom stereocenters. The Hall–Kier alpha value is -2.32. The van der Waals surface area contributed by atoms with Gasteiger partial charge in [-0.05, 0) is 92.5 Å². The van der Waals surface area contributed by atoms with Crippen LogP contribution in [0.5, 0.6) is 0 Å². The van der Waals surface area contributed by atoms with Crippen molar-refractivity contribution in [2.45, 2.75) is 69.7 Å². The molecule has 2 bridgehead atoms. The molecule has 1 N–H and O–H groups in total. The summed E-state index contributed by atoms with van der Waals surface area (Å²) in [6.07, 6.45) is 7.80. The average molecular weight is 538 g/mol. The Labute approximate surface area is 224 Å². The van der Waals surface area contributed by atoms with E-state index in [4.69, 9.17) is 21.4 Å². The molecule has 4 aromatic rings. The van der Waals surface area contributed by atoms with Crippen molar-refractivity contribution in [3.8, 4) is 5.69 Å². The van der Waals surface area contributed by atoms with Crippen molar-refractivity contribution < 1.29 is 14.2 Å². The molecule has 0 amide bonds. The Morgan fingerprint density at radius 1 is 1.14 bits per heavy atom. The van der Waals surface area contributed by atoms with Gasteiger partial charge in [0.1, 0.15) is 21.9 Å². The van der Waals surface area contributed by atoms with Gasteiger partial charge in [0, 0.05) is 0 Å². The first-order valence-electron chi connectivity index (χ1n) is 13.1. The lowest BCUT2D eigenvalue weighted by Crippen LogP contribution is -2.44. The van der Waals surface area contributed by atoms with E-state index in [1.807, 2.05) is 29.1 Å². The molecule has 7 rings (SSSR count). The largest absolute Gasteiger partial charge is 0.382 e. The van der Waals surface area contributed by atoms with Gasteiger partial charge >= 0.3 is 0 Å². The molecule has 2 aromatic heterocycles. The van der Waals surface area contributed by atoms with Crippen LogP contribution in [0.25, 0.3) is 15.9 Å². The molecular formula is C29H29ClFN3O2S. The van der Waals surface area contributed by atoms with E-state index < -0.39 is 5.60 Å². The summed E-state index contributed by atoms with van der Waals surface area (Å²) in [5, 5.41) is 18.0. The quantitative estimate of drug-likeness (QED) is 0.286. The fraction of sp³-hybridized carbons (Fsp3) is 0.448. The second-order valence-corrected chi connectivity index (χ2v) is 12.4. The second kappa shape index (κ2) is 8.87. The van der Waals surface area contributed by atoms with Crippen molar-refractivity contribution in [2.75, 3.05) is 0 Å². The van der Waals surface area contributed by atoms with E-state index in [-0.39, 0.29) is 23.8 Å². The lowest BCUT2D eigenvalue weighted by atomic mass is 9.73. The number of rotatable bonds is 6. The smallest absolute Gasteiger partial charge is 0.150 e. The summed E-state index contributed by atoms with van der Waals surface area (Å²) in [5.74, 6) is 0.323. The van der Waals surface area contributed by atoms with Crippen molar-refractivity contribution in [1.82, 2.24) is 14.8 Å². The molecule has 0 aliphatic heterocycles. The number of para-hydroxylation sites is 2. The number of aliphatic hydroxyl groups is 1. The van der Waals surface area contributed by atoms with Gasteiger partial charge < -0.3 is 9.84 Å². The van der Waals surface area contributed by atoms with Gasteiger partial charge in [-0.15, -0.1) is 11.3 Å². The highest BCUT2D eigenvalue weighted by molar-refractivity contribution is 7.18. The van der Waals surface area contributed by atoms with Gasteiger partial charge in [-0.1, -0.05) is 29.8 Å². The SMILES string of the molecule is Cc1cccc(Cl)c1-n1ncc(C2CC2)c1COC1C[C@H]2CC[C@@H](C1)C2(O)c1nc2c(F)cccc2s1. The molecule has 2 unspecified atom stereocenters. The lowest BCUT2D eigenvalue weighted by Gasteiger charge is -2.41. The average Bonchev–Trinajstić information content (AvgIpc) is 3.45. The molecule has 2 aromatic carbocycles. The Kier molecular flexibility index (Phi) is 5.70. The van der Waals surface area contributed by atoms with Crippen molar-refractivity contribution in [1.29, 1.82) is 0 Å². The van der Waals surface area contributed by atoms with Crippen LogP contribution in [0.15, 0.2) is 42.6 Å². The maximum Gasteiger partial charge on any atom is 0.150 e. The molecular weight excluding hydrogens is 509 g/mol. The number of thiazole rings is 1. The summed E-state index contributed by atoms with van der Waals surface area (Å²) in [4.78, 5) is 4.59. The van der Waals surface area contributed by atoms with Crippen molar-refractivity contribution in [2.24, 2.45) is 11.8 Å². The monoisotopic (exact) mass is 537 g/mol. The molecule has 0 radical (unpaired) electrons. The lowest BCUT2D eigenvalue weighted by molar-refractivity contribution is -0.116. The maximum atomic E-state index is 14.3. The molecule has 0 spiro atoms. The van der Waals surface area contributed by atoms with Gasteiger partial charge in [0.2, 0.25) is 0 Å². The van der Waals surface area contributed by atoms with Crippen molar-refractivity contribution in [3.05, 3.63) is 75.3 Å². The second-order valence-electron chi connectivity index (χ2n) is 10.9. The number of hydrogen-bond acceptors (Lipinski definition) is 5. The molecule has 5 nitrogen and oxygen atoms in total. The molecule has 3 fully saturated rings. The molecule has 3 saturated carbocycles. The predicted octanol–water partition coefficient (Wildman–Crippen LogP) is 7.05. The topological polar surface area (TPSA) is 60.2 Å². The minimum absolute atomic E-state index is 0.0478. The molecule has 192 valence electrons. The Morgan fingerprint density at radius 3 is 2.59 bits per heavy atom. The van der Waals surface area contributed by atoms with Crippen LogP contribution in [-0.4, -0.2) is 26.0 Å². The molecule has 2 heterocycles. The van der Waals surface area contributed by atoms with Gasteiger partial charge in [0.15, 0.2) is 0 Å². The third-order valence-electron chi connectivity index (χ3n) is 8.69. The molecule has 37 heavy (non-hydrogen) atoms. The number of ether oxygens (including phenoxy) is 1. The van der Waals surface area contributed by atoms with Gasteiger partial charge in [-0.3, -0.25) is 0 Å². The van der Waals surface area contributed by atoms with Crippen molar-refractivity contribution >= 4 is 33.2 Å². The molecule has 8 heteroatoms. The highest BCUT2D eigenvalue weighted by atomic mass is 35.5. The first-order valence-corrected chi connectivity index (χ1v) is 14.3. The van der Waals surface area contributed by atoms with Gasteiger partial charge in [0.25, 0.3) is 0 Å². The number of hydrogen-bond donors (Lipinski definition) is 1. The third-order valence-corrected chi connectivity index (χ3v) is 10.2. The van der Waals surface area contributed by atoms with E-state index in [2.05, 4.69) is 18.0 Å². The van der Waals surface area contributed by atoms with Crippen LogP contribution in [-0.2, 0) is 16.9 Å². The number of aromatic nitrogens is 3. The van der Waals surface area contributed by atoms with E-state index >= 15 is 0 Å². The van der Waals surface area contributed by atoms with Crippen LogP contribution in [0.2, 0.25) is 5.02 Å². The molecule has 3 aliphatic carbocycles. The summed E-state index contributed by atoms with van der Waals surface area (Å²) < 4.78 is 23.7. The summed E-state index contributed by atoms with van der Waals surface area (Å²) >= 11 is 8.03. The Morgan fingerprint density at radius 2 is 1.89 bits per heavy atom. The number of fused-ring (bicyclic) bond motifs is 3. The Balaban J connectivity index is 1.14. The Bertz CT molecular complexity index is 1460. The fourth-order valence-corrected chi connectivity index (χ4v) is 8.15. The molecule has 3 aliphatic rings. The number of aryl methyl sites for hydroxylation is 1. The zero-order valence-electron chi connectivity index (χ0n) is 20.7. The first-order chi connectivity index (χ1) is 17.9. The third kappa shape index (κ3) is 3.85. The minimum atomic E-state index is -1.01. The first kappa shape index (κ1) is 23.8. The predicted molar refractivity (Wildman–Crippen MR) is 143 cm³/mol. The van der Waals surface area contributed by atoms with Gasteiger partial charge in [0.05, 0.1) is 40.0 Å². The van der Waals surface area contributed by atoms with Gasteiger partial charge in [-0.25, -0.2) is 14.1 Å². The maximum absolute atomic E-state index is 14.3.